The number of rotatable bonds is 8. The van der Waals surface area contributed by atoms with Crippen molar-refractivity contribution in [1.29, 1.82) is 0 Å². The first kappa shape index (κ1) is 11.3. The molecule has 0 spiro atoms. The Morgan fingerprint density at radius 1 is 0.867 bits per heavy atom. The van der Waals surface area contributed by atoms with Gasteiger partial charge in [-0.15, -0.1) is 0 Å². The molecule has 5 nitrogen and oxygen atoms in total. The SMILES string of the molecule is OC(COCC(O)CN1CC1)CN1CC1. The molecule has 0 radical (unpaired) electrons. The molecule has 0 aliphatic carbocycles. The van der Waals surface area contributed by atoms with Crippen molar-refractivity contribution in [3.8, 4) is 0 Å². The third-order valence-electron chi connectivity index (χ3n) is 2.64. The van der Waals surface area contributed by atoms with Crippen LogP contribution >= 0.6 is 0 Å². The second-order valence-electron chi connectivity index (χ2n) is 4.45. The van der Waals surface area contributed by atoms with Gasteiger partial charge in [0, 0.05) is 39.3 Å². The summed E-state index contributed by atoms with van der Waals surface area (Å²) in [6.45, 7) is 6.41. The normalized spacial score (nSPS) is 25.2. The van der Waals surface area contributed by atoms with Gasteiger partial charge in [-0.25, -0.2) is 0 Å². The van der Waals surface area contributed by atoms with Crippen LogP contribution < -0.4 is 0 Å². The summed E-state index contributed by atoms with van der Waals surface area (Å²) in [5, 5.41) is 19.0. The van der Waals surface area contributed by atoms with Gasteiger partial charge in [-0.1, -0.05) is 0 Å². The summed E-state index contributed by atoms with van der Waals surface area (Å²) >= 11 is 0. The van der Waals surface area contributed by atoms with Gasteiger partial charge >= 0.3 is 0 Å². The van der Waals surface area contributed by atoms with Gasteiger partial charge in [0.1, 0.15) is 0 Å². The number of hydrogen-bond acceptors (Lipinski definition) is 5. The molecule has 15 heavy (non-hydrogen) atoms. The molecule has 0 amide bonds. The van der Waals surface area contributed by atoms with E-state index in [2.05, 4.69) is 9.80 Å². The van der Waals surface area contributed by atoms with E-state index in [0.717, 1.165) is 26.2 Å². The molecule has 5 heteroatoms. The minimum Gasteiger partial charge on any atom is -0.389 e. The van der Waals surface area contributed by atoms with Crippen molar-refractivity contribution in [1.82, 2.24) is 9.80 Å². The van der Waals surface area contributed by atoms with Crippen LogP contribution in [0.15, 0.2) is 0 Å². The molecule has 0 bridgehead atoms. The standard InChI is InChI=1S/C10H20N2O3/c13-9(5-11-1-2-11)7-15-8-10(14)6-12-3-4-12/h9-10,13-14H,1-8H2. The maximum absolute atomic E-state index is 9.51. The molecular formula is C10H20N2O3. The van der Waals surface area contributed by atoms with Gasteiger partial charge in [0.25, 0.3) is 0 Å². The molecule has 2 rings (SSSR count). The molecule has 0 aromatic rings. The average molecular weight is 216 g/mol. The lowest BCUT2D eigenvalue weighted by atomic mass is 10.3. The maximum Gasteiger partial charge on any atom is 0.0900 e. The fourth-order valence-corrected chi connectivity index (χ4v) is 1.55. The first-order chi connectivity index (χ1) is 7.24. The van der Waals surface area contributed by atoms with E-state index in [0.29, 0.717) is 26.3 Å². The molecule has 2 aliphatic heterocycles. The van der Waals surface area contributed by atoms with E-state index < -0.39 is 12.2 Å². The molecule has 2 N–H and O–H groups in total. The van der Waals surface area contributed by atoms with Crippen LogP contribution in [0.25, 0.3) is 0 Å². The number of nitrogens with zero attached hydrogens (tertiary/aromatic N) is 2. The van der Waals surface area contributed by atoms with E-state index in [4.69, 9.17) is 4.74 Å². The lowest BCUT2D eigenvalue weighted by Gasteiger charge is -2.14. The fourth-order valence-electron chi connectivity index (χ4n) is 1.55. The summed E-state index contributed by atoms with van der Waals surface area (Å²) in [6.07, 6.45) is -0.832. The zero-order valence-corrected chi connectivity index (χ0v) is 9.01. The first-order valence-electron chi connectivity index (χ1n) is 5.62. The monoisotopic (exact) mass is 216 g/mol. The molecule has 2 atom stereocenters. The highest BCUT2D eigenvalue weighted by molar-refractivity contribution is 4.77. The van der Waals surface area contributed by atoms with Crippen LogP contribution in [-0.4, -0.2) is 84.7 Å². The number of β-amino-alcohol motifs (C(OH)–C–C–N with tert-alkyl or cyclic N) is 2. The van der Waals surface area contributed by atoms with Crippen molar-refractivity contribution in [2.24, 2.45) is 0 Å². The van der Waals surface area contributed by atoms with Crippen LogP contribution in [0.1, 0.15) is 0 Å². The predicted octanol–water partition coefficient (Wildman–Crippen LogP) is -1.64. The van der Waals surface area contributed by atoms with E-state index in [1.165, 1.54) is 0 Å². The second kappa shape index (κ2) is 5.23. The Morgan fingerprint density at radius 2 is 1.27 bits per heavy atom. The van der Waals surface area contributed by atoms with Gasteiger partial charge in [0.2, 0.25) is 0 Å². The van der Waals surface area contributed by atoms with Gasteiger partial charge in [-0.05, 0) is 0 Å². The highest BCUT2D eigenvalue weighted by Gasteiger charge is 2.22. The van der Waals surface area contributed by atoms with Gasteiger partial charge in [-0.3, -0.25) is 9.80 Å². The smallest absolute Gasteiger partial charge is 0.0900 e. The lowest BCUT2D eigenvalue weighted by molar-refractivity contribution is -0.0134. The maximum atomic E-state index is 9.51. The van der Waals surface area contributed by atoms with Crippen molar-refractivity contribution in [3.05, 3.63) is 0 Å². The van der Waals surface area contributed by atoms with Crippen LogP contribution in [0.2, 0.25) is 0 Å². The van der Waals surface area contributed by atoms with Crippen molar-refractivity contribution < 1.29 is 14.9 Å². The Bertz CT molecular complexity index is 175. The minimum atomic E-state index is -0.416. The Labute approximate surface area is 90.2 Å². The van der Waals surface area contributed by atoms with E-state index in [1.807, 2.05) is 0 Å². The van der Waals surface area contributed by atoms with Crippen molar-refractivity contribution >= 4 is 0 Å². The second-order valence-corrected chi connectivity index (χ2v) is 4.45. The molecule has 0 saturated carbocycles. The van der Waals surface area contributed by atoms with Crippen LogP contribution in [0, 0.1) is 0 Å². The molecule has 88 valence electrons. The summed E-state index contributed by atoms with van der Waals surface area (Å²) in [5.41, 5.74) is 0. The number of aliphatic hydroxyl groups excluding tert-OH is 2. The zero-order valence-electron chi connectivity index (χ0n) is 9.01. The van der Waals surface area contributed by atoms with Crippen LogP contribution in [0.4, 0.5) is 0 Å². The van der Waals surface area contributed by atoms with Gasteiger partial charge in [0.15, 0.2) is 0 Å². The Balaban J connectivity index is 1.45. The molecule has 2 fully saturated rings. The molecule has 0 aromatic carbocycles. The minimum absolute atomic E-state index is 0.327. The summed E-state index contributed by atoms with van der Waals surface area (Å²) in [4.78, 5) is 4.31. The van der Waals surface area contributed by atoms with Gasteiger partial charge in [-0.2, -0.15) is 0 Å². The summed E-state index contributed by atoms with van der Waals surface area (Å²) in [6, 6.07) is 0. The zero-order chi connectivity index (χ0) is 10.7. The summed E-state index contributed by atoms with van der Waals surface area (Å²) in [5.74, 6) is 0. The molecule has 2 heterocycles. The quantitative estimate of drug-likeness (QED) is 0.476. The highest BCUT2D eigenvalue weighted by Crippen LogP contribution is 2.06. The van der Waals surface area contributed by atoms with E-state index in [9.17, 15) is 10.2 Å². The average Bonchev–Trinajstić information content (AvgIpc) is 2.99. The van der Waals surface area contributed by atoms with Crippen molar-refractivity contribution in [2.75, 3.05) is 52.5 Å². The molecule has 0 aromatic heterocycles. The predicted molar refractivity (Wildman–Crippen MR) is 55.7 cm³/mol. The first-order valence-corrected chi connectivity index (χ1v) is 5.62. The number of aliphatic hydroxyl groups is 2. The van der Waals surface area contributed by atoms with Crippen molar-refractivity contribution in [3.63, 3.8) is 0 Å². The van der Waals surface area contributed by atoms with Crippen LogP contribution in [0.3, 0.4) is 0 Å². The van der Waals surface area contributed by atoms with Crippen molar-refractivity contribution in [2.45, 2.75) is 12.2 Å². The van der Waals surface area contributed by atoms with E-state index in [1.54, 1.807) is 0 Å². The Morgan fingerprint density at radius 3 is 1.60 bits per heavy atom. The summed E-state index contributed by atoms with van der Waals surface area (Å²) in [7, 11) is 0. The molecule has 2 aliphatic rings. The van der Waals surface area contributed by atoms with E-state index in [-0.39, 0.29) is 0 Å². The van der Waals surface area contributed by atoms with Crippen LogP contribution in [-0.2, 0) is 4.74 Å². The highest BCUT2D eigenvalue weighted by atomic mass is 16.5. The van der Waals surface area contributed by atoms with Gasteiger partial charge < -0.3 is 14.9 Å². The topological polar surface area (TPSA) is 55.7 Å². The third kappa shape index (κ3) is 4.90. The third-order valence-corrected chi connectivity index (χ3v) is 2.64. The summed E-state index contributed by atoms with van der Waals surface area (Å²) < 4.78 is 5.26. The largest absolute Gasteiger partial charge is 0.389 e. The lowest BCUT2D eigenvalue weighted by Crippen LogP contribution is -2.29. The Kier molecular flexibility index (Phi) is 3.93. The van der Waals surface area contributed by atoms with E-state index >= 15 is 0 Å². The van der Waals surface area contributed by atoms with Gasteiger partial charge in [0.05, 0.1) is 25.4 Å². The number of ether oxygens (including phenoxy) is 1. The fraction of sp³-hybridized carbons (Fsp3) is 1.00. The number of hydrogen-bond donors (Lipinski definition) is 2. The molecule has 2 unspecified atom stereocenters. The molecular weight excluding hydrogens is 196 g/mol. The van der Waals surface area contributed by atoms with Crippen LogP contribution in [0.5, 0.6) is 0 Å². The Hall–Kier alpha value is -0.200. The molecule has 2 saturated heterocycles.